The first kappa shape index (κ1) is 19.6. The number of nitrogens with zero attached hydrogens (tertiary/aromatic N) is 1. The van der Waals surface area contributed by atoms with Gasteiger partial charge < -0.3 is 15.8 Å². The van der Waals surface area contributed by atoms with E-state index in [4.69, 9.17) is 22.1 Å². The molecule has 0 saturated carbocycles. The van der Waals surface area contributed by atoms with E-state index in [1.54, 1.807) is 13.2 Å². The van der Waals surface area contributed by atoms with Gasteiger partial charge in [0, 0.05) is 17.3 Å². The number of rotatable bonds is 5. The third-order valence-electron chi connectivity index (χ3n) is 3.25. The molecule has 6 heteroatoms. The Morgan fingerprint density at radius 2 is 1.91 bits per heavy atom. The van der Waals surface area contributed by atoms with Crippen molar-refractivity contribution in [2.75, 3.05) is 19.0 Å². The molecule has 124 valence electrons. The smallest absolute Gasteiger partial charge is 0.193 e. The zero-order valence-corrected chi connectivity index (χ0v) is 16.3. The number of hydrogen-bond donors (Lipinski definition) is 2. The minimum absolute atomic E-state index is 0. The van der Waals surface area contributed by atoms with Gasteiger partial charge in [0.1, 0.15) is 5.75 Å². The molecule has 0 saturated heterocycles. The molecule has 3 N–H and O–H groups in total. The zero-order chi connectivity index (χ0) is 15.9. The fourth-order valence-corrected chi connectivity index (χ4v) is 2.24. The third kappa shape index (κ3) is 6.27. The highest BCUT2D eigenvalue weighted by molar-refractivity contribution is 14.0. The molecular formula is C17H21ClIN3O. The number of halogens is 2. The Hall–Kier alpha value is -1.47. The van der Waals surface area contributed by atoms with E-state index in [0.717, 1.165) is 23.4 Å². The van der Waals surface area contributed by atoms with E-state index in [2.05, 4.69) is 10.3 Å². The van der Waals surface area contributed by atoms with E-state index < -0.39 is 0 Å². The Balaban J connectivity index is 0.00000264. The largest absolute Gasteiger partial charge is 0.497 e. The Morgan fingerprint density at radius 1 is 1.22 bits per heavy atom. The van der Waals surface area contributed by atoms with Gasteiger partial charge in [0.25, 0.3) is 0 Å². The van der Waals surface area contributed by atoms with Crippen LogP contribution in [0, 0.1) is 6.92 Å². The standard InChI is InChI=1S/C17H20ClN3O.HI/c1-12-3-6-14(7-4-12)21-17(19)20-10-9-13-5-8-15(22-2)11-16(13)18;/h3-8,11H,9-10H2,1-2H3,(H3,19,20,21);1H. The van der Waals surface area contributed by atoms with Crippen LogP contribution < -0.4 is 15.8 Å². The Morgan fingerprint density at radius 3 is 2.52 bits per heavy atom. The number of nitrogens with two attached hydrogens (primary N) is 1. The van der Waals surface area contributed by atoms with Gasteiger partial charge in [0.2, 0.25) is 0 Å². The van der Waals surface area contributed by atoms with Gasteiger partial charge in [-0.3, -0.25) is 4.99 Å². The third-order valence-corrected chi connectivity index (χ3v) is 3.60. The van der Waals surface area contributed by atoms with Crippen molar-refractivity contribution in [3.8, 4) is 5.75 Å². The van der Waals surface area contributed by atoms with Crippen molar-refractivity contribution in [2.24, 2.45) is 10.7 Å². The number of aliphatic imine (C=N–C) groups is 1. The normalized spacial score (nSPS) is 10.8. The van der Waals surface area contributed by atoms with E-state index in [1.165, 1.54) is 5.56 Å². The second-order valence-electron chi connectivity index (χ2n) is 4.97. The molecule has 0 bridgehead atoms. The highest BCUT2D eigenvalue weighted by Crippen LogP contribution is 2.22. The van der Waals surface area contributed by atoms with Crippen molar-refractivity contribution in [2.45, 2.75) is 13.3 Å². The second kappa shape index (κ2) is 9.62. The summed E-state index contributed by atoms with van der Waals surface area (Å²) in [5.41, 5.74) is 9.03. The van der Waals surface area contributed by atoms with Crippen molar-refractivity contribution in [1.29, 1.82) is 0 Å². The molecule has 2 aromatic carbocycles. The van der Waals surface area contributed by atoms with Crippen molar-refractivity contribution in [1.82, 2.24) is 0 Å². The van der Waals surface area contributed by atoms with Crippen LogP contribution in [0.2, 0.25) is 5.02 Å². The van der Waals surface area contributed by atoms with E-state index in [0.29, 0.717) is 17.5 Å². The van der Waals surface area contributed by atoms with Crippen molar-refractivity contribution in [3.05, 3.63) is 58.6 Å². The molecule has 0 aliphatic heterocycles. The van der Waals surface area contributed by atoms with E-state index in [9.17, 15) is 0 Å². The quantitative estimate of drug-likeness (QED) is 0.411. The van der Waals surface area contributed by atoms with Crippen LogP contribution in [0.1, 0.15) is 11.1 Å². The lowest BCUT2D eigenvalue weighted by Crippen LogP contribution is -2.23. The molecule has 4 nitrogen and oxygen atoms in total. The summed E-state index contributed by atoms with van der Waals surface area (Å²) in [7, 11) is 1.62. The van der Waals surface area contributed by atoms with Crippen LogP contribution in [-0.2, 0) is 6.42 Å². The molecule has 0 spiro atoms. The Labute approximate surface area is 159 Å². The SMILES string of the molecule is COc1ccc(CCN=C(N)Nc2ccc(C)cc2)c(Cl)c1.I. The van der Waals surface area contributed by atoms with Crippen molar-refractivity contribution >= 4 is 47.2 Å². The van der Waals surface area contributed by atoms with Gasteiger partial charge in [0.05, 0.1) is 7.11 Å². The summed E-state index contributed by atoms with van der Waals surface area (Å²) in [6, 6.07) is 13.6. The van der Waals surface area contributed by atoms with Gasteiger partial charge in [-0.05, 0) is 43.2 Å². The zero-order valence-electron chi connectivity index (χ0n) is 13.2. The van der Waals surface area contributed by atoms with E-state index >= 15 is 0 Å². The number of aryl methyl sites for hydroxylation is 1. The van der Waals surface area contributed by atoms with Crippen LogP contribution in [0.25, 0.3) is 0 Å². The minimum atomic E-state index is 0. The lowest BCUT2D eigenvalue weighted by molar-refractivity contribution is 0.414. The first-order valence-corrected chi connectivity index (χ1v) is 7.42. The van der Waals surface area contributed by atoms with Crippen LogP contribution in [-0.4, -0.2) is 19.6 Å². The van der Waals surface area contributed by atoms with Crippen LogP contribution in [0.5, 0.6) is 5.75 Å². The summed E-state index contributed by atoms with van der Waals surface area (Å²) in [5.74, 6) is 1.14. The number of anilines is 1. The fraction of sp³-hybridized carbons (Fsp3) is 0.235. The van der Waals surface area contributed by atoms with Gasteiger partial charge in [-0.2, -0.15) is 0 Å². The Kier molecular flexibility index (Phi) is 8.19. The molecule has 2 aromatic rings. The minimum Gasteiger partial charge on any atom is -0.497 e. The summed E-state index contributed by atoms with van der Waals surface area (Å²) in [5, 5.41) is 3.74. The molecule has 0 unspecified atom stereocenters. The molecule has 0 atom stereocenters. The molecule has 0 aliphatic rings. The summed E-state index contributed by atoms with van der Waals surface area (Å²) in [4.78, 5) is 4.31. The lowest BCUT2D eigenvalue weighted by atomic mass is 10.1. The van der Waals surface area contributed by atoms with Gasteiger partial charge in [-0.15, -0.1) is 24.0 Å². The summed E-state index contributed by atoms with van der Waals surface area (Å²) >= 11 is 6.19. The molecule has 0 heterocycles. The molecule has 23 heavy (non-hydrogen) atoms. The summed E-state index contributed by atoms with van der Waals surface area (Å²) in [6.45, 7) is 2.61. The van der Waals surface area contributed by atoms with Gasteiger partial charge in [-0.1, -0.05) is 35.4 Å². The van der Waals surface area contributed by atoms with Crippen molar-refractivity contribution in [3.63, 3.8) is 0 Å². The molecule has 0 aliphatic carbocycles. The second-order valence-corrected chi connectivity index (χ2v) is 5.37. The number of ether oxygens (including phenoxy) is 1. The molecule has 0 amide bonds. The first-order valence-electron chi connectivity index (χ1n) is 7.04. The van der Waals surface area contributed by atoms with Gasteiger partial charge in [0.15, 0.2) is 5.96 Å². The monoisotopic (exact) mass is 445 g/mol. The average Bonchev–Trinajstić information content (AvgIpc) is 2.51. The maximum absolute atomic E-state index is 6.19. The summed E-state index contributed by atoms with van der Waals surface area (Å²) < 4.78 is 5.13. The number of methoxy groups -OCH3 is 1. The van der Waals surface area contributed by atoms with E-state index in [-0.39, 0.29) is 24.0 Å². The Bertz CT molecular complexity index is 659. The number of hydrogen-bond acceptors (Lipinski definition) is 2. The van der Waals surface area contributed by atoms with Gasteiger partial charge in [-0.25, -0.2) is 0 Å². The number of guanidine groups is 1. The first-order chi connectivity index (χ1) is 10.6. The van der Waals surface area contributed by atoms with Crippen LogP contribution >= 0.6 is 35.6 Å². The lowest BCUT2D eigenvalue weighted by Gasteiger charge is -2.07. The summed E-state index contributed by atoms with van der Waals surface area (Å²) in [6.07, 6.45) is 0.721. The van der Waals surface area contributed by atoms with Gasteiger partial charge >= 0.3 is 0 Å². The fourth-order valence-electron chi connectivity index (χ4n) is 1.98. The molecular weight excluding hydrogens is 425 g/mol. The molecule has 0 fully saturated rings. The van der Waals surface area contributed by atoms with Crippen LogP contribution in [0.4, 0.5) is 5.69 Å². The highest BCUT2D eigenvalue weighted by atomic mass is 127. The maximum Gasteiger partial charge on any atom is 0.193 e. The number of benzene rings is 2. The van der Waals surface area contributed by atoms with Crippen LogP contribution in [0.3, 0.4) is 0 Å². The maximum atomic E-state index is 6.19. The predicted octanol–water partition coefficient (Wildman–Crippen LogP) is 4.24. The number of nitrogens with one attached hydrogen (secondary N) is 1. The average molecular weight is 446 g/mol. The topological polar surface area (TPSA) is 59.6 Å². The molecule has 0 aromatic heterocycles. The highest BCUT2D eigenvalue weighted by Gasteiger charge is 2.02. The van der Waals surface area contributed by atoms with Crippen molar-refractivity contribution < 1.29 is 4.74 Å². The molecule has 2 rings (SSSR count). The predicted molar refractivity (Wildman–Crippen MR) is 108 cm³/mol. The molecule has 0 radical (unpaired) electrons. The van der Waals surface area contributed by atoms with E-state index in [1.807, 2.05) is 43.3 Å². The van der Waals surface area contributed by atoms with Crippen LogP contribution in [0.15, 0.2) is 47.5 Å².